The smallest absolute Gasteiger partial charge is 0.294 e. The van der Waals surface area contributed by atoms with Crippen molar-refractivity contribution in [1.82, 2.24) is 0 Å². The van der Waals surface area contributed by atoms with Crippen LogP contribution in [-0.4, -0.2) is 30.6 Å². The number of aryl methyl sites for hydroxylation is 1. The van der Waals surface area contributed by atoms with Gasteiger partial charge in [0.1, 0.15) is 22.8 Å². The molecule has 0 aliphatic carbocycles. The molecule has 0 unspecified atom stereocenters. The molecule has 0 saturated carbocycles. The molecule has 0 aromatic heterocycles. The van der Waals surface area contributed by atoms with E-state index in [9.17, 15) is 22.9 Å². The van der Waals surface area contributed by atoms with E-state index in [1.165, 1.54) is 19.1 Å². The Morgan fingerprint density at radius 2 is 1.76 bits per heavy atom. The number of hydrogen-bond acceptors (Lipinski definition) is 7. The summed E-state index contributed by atoms with van der Waals surface area (Å²) in [5.41, 5.74) is 0.215. The molecule has 38 heavy (non-hydrogen) atoms. The molecule has 196 valence electrons. The van der Waals surface area contributed by atoms with Crippen molar-refractivity contribution in [2.45, 2.75) is 18.7 Å². The van der Waals surface area contributed by atoms with Crippen LogP contribution in [0, 0.1) is 6.92 Å². The highest BCUT2D eigenvalue weighted by molar-refractivity contribution is 7.85. The summed E-state index contributed by atoms with van der Waals surface area (Å²) in [4.78, 5) is 12.9. The van der Waals surface area contributed by atoms with Crippen molar-refractivity contribution in [2.75, 3.05) is 11.9 Å². The second-order valence-electron chi connectivity index (χ2n) is 8.09. The number of fused-ring (bicyclic) bond motifs is 1. The summed E-state index contributed by atoms with van der Waals surface area (Å²) in [7, 11) is -4.54. The summed E-state index contributed by atoms with van der Waals surface area (Å²) in [6.07, 6.45) is 0. The van der Waals surface area contributed by atoms with E-state index in [4.69, 9.17) is 27.9 Å². The molecule has 0 atom stereocenters. The summed E-state index contributed by atoms with van der Waals surface area (Å²) in [6, 6.07) is 15.7. The van der Waals surface area contributed by atoms with Crippen LogP contribution in [0.3, 0.4) is 0 Å². The monoisotopic (exact) mass is 573 g/mol. The van der Waals surface area contributed by atoms with E-state index in [2.05, 4.69) is 15.5 Å². The molecular weight excluding hydrogens is 553 g/mol. The maximum Gasteiger partial charge on any atom is 0.294 e. The van der Waals surface area contributed by atoms with Crippen LogP contribution in [0.15, 0.2) is 75.8 Å². The molecule has 4 aromatic carbocycles. The number of phenolic OH excluding ortho intramolecular Hbond substituents is 1. The molecular formula is C26H21Cl2N3O6S. The number of halogens is 2. The lowest BCUT2D eigenvalue weighted by Crippen LogP contribution is -2.14. The van der Waals surface area contributed by atoms with Gasteiger partial charge in [-0.25, -0.2) is 0 Å². The highest BCUT2D eigenvalue weighted by atomic mass is 35.5. The lowest BCUT2D eigenvalue weighted by atomic mass is 10.0. The van der Waals surface area contributed by atoms with Crippen molar-refractivity contribution in [1.29, 1.82) is 0 Å². The van der Waals surface area contributed by atoms with Gasteiger partial charge in [-0.05, 0) is 55.1 Å². The number of carbonyl (C=O) groups excluding carboxylic acids is 1. The number of nitrogens with zero attached hydrogens (tertiary/aromatic N) is 2. The number of azo groups is 1. The molecule has 12 heteroatoms. The molecule has 9 nitrogen and oxygen atoms in total. The van der Waals surface area contributed by atoms with Crippen LogP contribution in [0.2, 0.25) is 10.0 Å². The first-order chi connectivity index (χ1) is 18.0. The Labute approximate surface area is 228 Å². The molecule has 4 aromatic rings. The number of benzene rings is 4. The third-order valence-corrected chi connectivity index (χ3v) is 7.15. The fourth-order valence-corrected chi connectivity index (χ4v) is 4.97. The zero-order valence-corrected chi connectivity index (χ0v) is 22.4. The number of anilines is 1. The Bertz CT molecular complexity index is 1710. The Kier molecular flexibility index (Phi) is 7.89. The van der Waals surface area contributed by atoms with Crippen LogP contribution < -0.4 is 10.1 Å². The lowest BCUT2D eigenvalue weighted by molar-refractivity contribution is 0.102. The van der Waals surface area contributed by atoms with E-state index in [1.807, 2.05) is 0 Å². The van der Waals surface area contributed by atoms with Crippen molar-refractivity contribution < 1.29 is 27.6 Å². The Morgan fingerprint density at radius 3 is 2.47 bits per heavy atom. The quantitative estimate of drug-likeness (QED) is 0.155. The third kappa shape index (κ3) is 5.58. The molecule has 0 bridgehead atoms. The standard InChI is InChI=1S/C26H21Cl2N3O6S/c1-3-37-21-10-6-9-18(27)24(21)29-26(33)17-12-15-7-4-5-8-16(15)23(25(17)32)31-30-20-13-22(38(34,35)36)14(2)11-19(20)28/h4-13,32H,3H2,1-2H3,(H,29,33)(H,34,35,36). The van der Waals surface area contributed by atoms with Crippen LogP contribution >= 0.6 is 23.2 Å². The van der Waals surface area contributed by atoms with Crippen molar-refractivity contribution in [3.8, 4) is 11.5 Å². The zero-order valence-electron chi connectivity index (χ0n) is 20.1. The van der Waals surface area contributed by atoms with Gasteiger partial charge in [0.2, 0.25) is 0 Å². The molecule has 0 spiro atoms. The lowest BCUT2D eigenvalue weighted by Gasteiger charge is -2.15. The van der Waals surface area contributed by atoms with Crippen LogP contribution in [0.4, 0.5) is 17.1 Å². The Morgan fingerprint density at radius 1 is 1.03 bits per heavy atom. The first kappa shape index (κ1) is 27.3. The van der Waals surface area contributed by atoms with E-state index in [-0.39, 0.29) is 43.1 Å². The molecule has 0 saturated heterocycles. The largest absolute Gasteiger partial charge is 0.505 e. The fraction of sp³-hybridized carbons (Fsp3) is 0.115. The van der Waals surface area contributed by atoms with Crippen molar-refractivity contribution in [3.63, 3.8) is 0 Å². The van der Waals surface area contributed by atoms with Gasteiger partial charge < -0.3 is 15.2 Å². The number of nitrogens with one attached hydrogen (secondary N) is 1. The van der Waals surface area contributed by atoms with Crippen LogP contribution in [0.1, 0.15) is 22.8 Å². The first-order valence-corrected chi connectivity index (χ1v) is 13.4. The number of amides is 1. The molecule has 0 fully saturated rings. The maximum absolute atomic E-state index is 13.3. The minimum atomic E-state index is -4.54. The van der Waals surface area contributed by atoms with E-state index < -0.39 is 21.8 Å². The number of phenols is 1. The molecule has 0 radical (unpaired) electrons. The highest BCUT2D eigenvalue weighted by Crippen LogP contribution is 2.41. The second kappa shape index (κ2) is 11.0. The fourth-order valence-electron chi connectivity index (χ4n) is 3.77. The summed E-state index contributed by atoms with van der Waals surface area (Å²) in [5, 5.41) is 23.3. The van der Waals surface area contributed by atoms with Gasteiger partial charge in [0.05, 0.1) is 27.1 Å². The predicted octanol–water partition coefficient (Wildman–Crippen LogP) is 7.47. The van der Waals surface area contributed by atoms with Crippen molar-refractivity contribution in [3.05, 3.63) is 81.8 Å². The van der Waals surface area contributed by atoms with E-state index in [0.29, 0.717) is 23.1 Å². The first-order valence-electron chi connectivity index (χ1n) is 11.2. The van der Waals surface area contributed by atoms with Gasteiger partial charge in [-0.1, -0.05) is 53.5 Å². The SMILES string of the molecule is CCOc1cccc(Cl)c1NC(=O)c1cc2ccccc2c(N=Nc2cc(S(=O)(=O)O)c(C)cc2Cl)c1O. The van der Waals surface area contributed by atoms with E-state index >= 15 is 0 Å². The average molecular weight is 574 g/mol. The molecule has 1 amide bonds. The Hall–Kier alpha value is -3.70. The maximum atomic E-state index is 13.3. The number of aromatic hydroxyl groups is 1. The number of carbonyl (C=O) groups is 1. The van der Waals surface area contributed by atoms with Crippen LogP contribution in [0.25, 0.3) is 10.8 Å². The predicted molar refractivity (Wildman–Crippen MR) is 146 cm³/mol. The number of hydrogen-bond donors (Lipinski definition) is 3. The van der Waals surface area contributed by atoms with Crippen molar-refractivity contribution in [2.24, 2.45) is 10.2 Å². The van der Waals surface area contributed by atoms with Crippen LogP contribution in [-0.2, 0) is 10.1 Å². The summed E-state index contributed by atoms with van der Waals surface area (Å²) < 4.78 is 38.5. The minimum absolute atomic E-state index is 0.0533. The van der Waals surface area contributed by atoms with Gasteiger partial charge in [-0.15, -0.1) is 10.2 Å². The van der Waals surface area contributed by atoms with Gasteiger partial charge in [-0.3, -0.25) is 9.35 Å². The van der Waals surface area contributed by atoms with Gasteiger partial charge in [0, 0.05) is 5.39 Å². The van der Waals surface area contributed by atoms with Gasteiger partial charge >= 0.3 is 0 Å². The molecule has 0 aliphatic heterocycles. The van der Waals surface area contributed by atoms with Crippen molar-refractivity contribution >= 4 is 67.1 Å². The zero-order chi connectivity index (χ0) is 27.6. The van der Waals surface area contributed by atoms with Gasteiger partial charge in [-0.2, -0.15) is 8.42 Å². The van der Waals surface area contributed by atoms with Crippen LogP contribution in [0.5, 0.6) is 11.5 Å². The topological polar surface area (TPSA) is 138 Å². The van der Waals surface area contributed by atoms with Gasteiger partial charge in [0.25, 0.3) is 16.0 Å². The molecule has 0 heterocycles. The van der Waals surface area contributed by atoms with E-state index in [0.717, 1.165) is 6.07 Å². The summed E-state index contributed by atoms with van der Waals surface area (Å²) >= 11 is 12.5. The average Bonchev–Trinajstić information content (AvgIpc) is 2.85. The Balaban J connectivity index is 1.82. The molecule has 4 rings (SSSR count). The summed E-state index contributed by atoms with van der Waals surface area (Å²) in [6.45, 7) is 3.60. The van der Waals surface area contributed by atoms with Gasteiger partial charge in [0.15, 0.2) is 5.75 Å². The third-order valence-electron chi connectivity index (χ3n) is 5.53. The molecule has 3 N–H and O–H groups in total. The minimum Gasteiger partial charge on any atom is -0.505 e. The van der Waals surface area contributed by atoms with E-state index in [1.54, 1.807) is 49.4 Å². The number of ether oxygens (including phenoxy) is 1. The second-order valence-corrected chi connectivity index (χ2v) is 10.3. The molecule has 0 aliphatic rings. The normalized spacial score (nSPS) is 11.7. The number of rotatable bonds is 7. The summed E-state index contributed by atoms with van der Waals surface area (Å²) in [5.74, 6) is -0.800. The number of para-hydroxylation sites is 1. The highest BCUT2D eigenvalue weighted by Gasteiger charge is 2.21.